The van der Waals surface area contributed by atoms with Gasteiger partial charge < -0.3 is 11.5 Å². The van der Waals surface area contributed by atoms with Gasteiger partial charge in [0.05, 0.1) is 22.5 Å². The van der Waals surface area contributed by atoms with Crippen LogP contribution in [0.15, 0.2) is 42.5 Å². The highest BCUT2D eigenvalue weighted by Gasteiger charge is 2.13. The lowest BCUT2D eigenvalue weighted by Gasteiger charge is -2.08. The summed E-state index contributed by atoms with van der Waals surface area (Å²) in [5.74, 6) is -0.566. The van der Waals surface area contributed by atoms with E-state index in [1.54, 1.807) is 22.9 Å². The molecule has 0 aliphatic heterocycles. The predicted octanol–water partition coefficient (Wildman–Crippen LogP) is 1.10. The van der Waals surface area contributed by atoms with Crippen molar-refractivity contribution in [3.05, 3.63) is 48.0 Å². The standard InChI is InChI=1S/C13H11N5O/c14-12-8(13(15)19)4-3-7-11(12)18-10-6-2-1-5-9(10)16-17-18/h1-7H,14H2,(H2,15,19). The molecule has 0 saturated carbocycles. The largest absolute Gasteiger partial charge is 0.396 e. The Morgan fingerprint density at radius 1 is 1.11 bits per heavy atom. The van der Waals surface area contributed by atoms with Crippen molar-refractivity contribution in [1.29, 1.82) is 0 Å². The van der Waals surface area contributed by atoms with Crippen LogP contribution in [0.1, 0.15) is 10.4 Å². The third-order valence-corrected chi connectivity index (χ3v) is 2.93. The molecule has 0 fully saturated rings. The first-order valence-electron chi connectivity index (χ1n) is 5.67. The van der Waals surface area contributed by atoms with Gasteiger partial charge in [-0.2, -0.15) is 0 Å². The fraction of sp³-hybridized carbons (Fsp3) is 0. The van der Waals surface area contributed by atoms with Crippen LogP contribution in [-0.4, -0.2) is 20.9 Å². The minimum absolute atomic E-state index is 0.275. The lowest BCUT2D eigenvalue weighted by atomic mass is 10.1. The number of primary amides is 1. The number of benzene rings is 2. The van der Waals surface area contributed by atoms with Crippen LogP contribution in [0.4, 0.5) is 5.69 Å². The molecule has 19 heavy (non-hydrogen) atoms. The second-order valence-corrected chi connectivity index (χ2v) is 4.09. The smallest absolute Gasteiger partial charge is 0.250 e. The monoisotopic (exact) mass is 253 g/mol. The molecule has 0 aliphatic rings. The molecule has 1 amide bonds. The highest BCUT2D eigenvalue weighted by molar-refractivity contribution is 6.00. The number of fused-ring (bicyclic) bond motifs is 1. The number of carbonyl (C=O) groups excluding carboxylic acids is 1. The van der Waals surface area contributed by atoms with E-state index in [2.05, 4.69) is 10.3 Å². The molecule has 0 aliphatic carbocycles. The van der Waals surface area contributed by atoms with Crippen molar-refractivity contribution in [3.63, 3.8) is 0 Å². The number of carbonyl (C=O) groups is 1. The summed E-state index contributed by atoms with van der Waals surface area (Å²) in [6.45, 7) is 0. The molecule has 0 radical (unpaired) electrons. The van der Waals surface area contributed by atoms with Crippen molar-refractivity contribution in [2.45, 2.75) is 0 Å². The van der Waals surface area contributed by atoms with Gasteiger partial charge in [0.2, 0.25) is 0 Å². The minimum Gasteiger partial charge on any atom is -0.396 e. The fourth-order valence-electron chi connectivity index (χ4n) is 2.00. The van der Waals surface area contributed by atoms with E-state index in [9.17, 15) is 4.79 Å². The molecule has 6 nitrogen and oxygen atoms in total. The summed E-state index contributed by atoms with van der Waals surface area (Å²) in [5, 5.41) is 8.11. The average molecular weight is 253 g/mol. The third kappa shape index (κ3) is 1.70. The first-order chi connectivity index (χ1) is 9.18. The van der Waals surface area contributed by atoms with Gasteiger partial charge in [0.1, 0.15) is 5.52 Å². The number of hydrogen-bond acceptors (Lipinski definition) is 4. The number of aromatic nitrogens is 3. The molecule has 0 spiro atoms. The summed E-state index contributed by atoms with van der Waals surface area (Å²) >= 11 is 0. The first kappa shape index (κ1) is 11.2. The van der Waals surface area contributed by atoms with Crippen LogP contribution < -0.4 is 11.5 Å². The van der Waals surface area contributed by atoms with E-state index in [1.165, 1.54) is 0 Å². The molecule has 1 heterocycles. The topological polar surface area (TPSA) is 99.8 Å². The van der Waals surface area contributed by atoms with E-state index in [0.717, 1.165) is 11.0 Å². The Hall–Kier alpha value is -2.89. The van der Waals surface area contributed by atoms with Gasteiger partial charge in [-0.1, -0.05) is 23.4 Å². The lowest BCUT2D eigenvalue weighted by Crippen LogP contribution is -2.15. The van der Waals surface area contributed by atoms with Gasteiger partial charge in [0, 0.05) is 0 Å². The number of amides is 1. The normalized spacial score (nSPS) is 10.7. The Labute approximate surface area is 108 Å². The van der Waals surface area contributed by atoms with Crippen LogP contribution in [0.5, 0.6) is 0 Å². The summed E-state index contributed by atoms with van der Waals surface area (Å²) in [6, 6.07) is 12.6. The maximum atomic E-state index is 11.3. The number of anilines is 1. The SMILES string of the molecule is NC(=O)c1cccc(-n2nnc3ccccc32)c1N. The zero-order valence-corrected chi connectivity index (χ0v) is 9.95. The summed E-state index contributed by atoms with van der Waals surface area (Å²) < 4.78 is 1.59. The maximum absolute atomic E-state index is 11.3. The summed E-state index contributed by atoms with van der Waals surface area (Å²) in [4.78, 5) is 11.3. The van der Waals surface area contributed by atoms with E-state index in [0.29, 0.717) is 11.4 Å². The zero-order valence-electron chi connectivity index (χ0n) is 9.95. The number of nitrogen functional groups attached to an aromatic ring is 1. The minimum atomic E-state index is -0.566. The van der Waals surface area contributed by atoms with E-state index in [-0.39, 0.29) is 5.56 Å². The number of nitrogens with zero attached hydrogens (tertiary/aromatic N) is 3. The van der Waals surface area contributed by atoms with Crippen LogP contribution >= 0.6 is 0 Å². The Bertz CT molecular complexity index is 778. The van der Waals surface area contributed by atoms with Crippen LogP contribution in [0, 0.1) is 0 Å². The van der Waals surface area contributed by atoms with Gasteiger partial charge in [-0.3, -0.25) is 4.79 Å². The molecular formula is C13H11N5O. The van der Waals surface area contributed by atoms with Gasteiger partial charge >= 0.3 is 0 Å². The molecular weight excluding hydrogens is 242 g/mol. The molecule has 1 aromatic heterocycles. The van der Waals surface area contributed by atoms with E-state index in [1.807, 2.05) is 24.3 Å². The molecule has 3 aromatic rings. The predicted molar refractivity (Wildman–Crippen MR) is 71.8 cm³/mol. The Kier molecular flexibility index (Phi) is 2.42. The molecule has 6 heteroatoms. The second kappa shape index (κ2) is 4.09. The van der Waals surface area contributed by atoms with Gasteiger partial charge in [-0.25, -0.2) is 4.68 Å². The molecule has 94 valence electrons. The summed E-state index contributed by atoms with van der Waals surface area (Å²) in [5.41, 5.74) is 14.0. The van der Waals surface area contributed by atoms with Crippen molar-refractivity contribution >= 4 is 22.6 Å². The molecule has 0 bridgehead atoms. The van der Waals surface area contributed by atoms with E-state index >= 15 is 0 Å². The van der Waals surface area contributed by atoms with Crippen LogP contribution in [-0.2, 0) is 0 Å². The zero-order chi connectivity index (χ0) is 13.4. The third-order valence-electron chi connectivity index (χ3n) is 2.93. The van der Waals surface area contributed by atoms with Gasteiger partial charge in [0.15, 0.2) is 0 Å². The lowest BCUT2D eigenvalue weighted by molar-refractivity contribution is 0.100. The van der Waals surface area contributed by atoms with Crippen molar-refractivity contribution < 1.29 is 4.79 Å². The Balaban J connectivity index is 2.28. The molecule has 0 unspecified atom stereocenters. The molecule has 4 N–H and O–H groups in total. The molecule has 2 aromatic carbocycles. The Morgan fingerprint density at radius 2 is 1.89 bits per heavy atom. The Morgan fingerprint density at radius 3 is 2.68 bits per heavy atom. The van der Waals surface area contributed by atoms with Gasteiger partial charge in [-0.05, 0) is 24.3 Å². The summed E-state index contributed by atoms with van der Waals surface area (Å²) in [7, 11) is 0. The quantitative estimate of drug-likeness (QED) is 0.668. The van der Waals surface area contributed by atoms with Crippen LogP contribution in [0.25, 0.3) is 16.7 Å². The number of nitrogens with two attached hydrogens (primary N) is 2. The highest BCUT2D eigenvalue weighted by Crippen LogP contribution is 2.23. The van der Waals surface area contributed by atoms with Crippen LogP contribution in [0.3, 0.4) is 0 Å². The highest BCUT2D eigenvalue weighted by atomic mass is 16.1. The molecule has 3 rings (SSSR count). The second-order valence-electron chi connectivity index (χ2n) is 4.09. The van der Waals surface area contributed by atoms with E-state index < -0.39 is 5.91 Å². The summed E-state index contributed by atoms with van der Waals surface area (Å²) in [6.07, 6.45) is 0. The van der Waals surface area contributed by atoms with Crippen molar-refractivity contribution in [2.24, 2.45) is 5.73 Å². The van der Waals surface area contributed by atoms with Crippen LogP contribution in [0.2, 0.25) is 0 Å². The maximum Gasteiger partial charge on any atom is 0.250 e. The molecule has 0 saturated heterocycles. The van der Waals surface area contributed by atoms with Crippen molar-refractivity contribution in [2.75, 3.05) is 5.73 Å². The molecule has 0 atom stereocenters. The van der Waals surface area contributed by atoms with Gasteiger partial charge in [0.25, 0.3) is 5.91 Å². The number of rotatable bonds is 2. The van der Waals surface area contributed by atoms with Gasteiger partial charge in [-0.15, -0.1) is 5.10 Å². The number of hydrogen-bond donors (Lipinski definition) is 2. The van der Waals surface area contributed by atoms with Crippen molar-refractivity contribution in [3.8, 4) is 5.69 Å². The number of para-hydroxylation sites is 2. The average Bonchev–Trinajstić information content (AvgIpc) is 2.82. The first-order valence-corrected chi connectivity index (χ1v) is 5.67. The van der Waals surface area contributed by atoms with Crippen molar-refractivity contribution in [1.82, 2.24) is 15.0 Å². The fourth-order valence-corrected chi connectivity index (χ4v) is 2.00. The van der Waals surface area contributed by atoms with E-state index in [4.69, 9.17) is 11.5 Å².